The SMILES string of the molecule is [CH2]C(c1ccccc1)[SiH](C)C. The number of rotatable bonds is 2. The van der Waals surface area contributed by atoms with E-state index in [1.165, 1.54) is 5.56 Å². The highest BCUT2D eigenvalue weighted by Gasteiger charge is 2.09. The minimum absolute atomic E-state index is 0.566. The molecule has 0 aliphatic heterocycles. The molecular formula is C10H15Si. The molecule has 0 spiro atoms. The van der Waals surface area contributed by atoms with Gasteiger partial charge >= 0.3 is 0 Å². The van der Waals surface area contributed by atoms with E-state index < -0.39 is 8.80 Å². The smallest absolute Gasteiger partial charge is 0.0388 e. The number of hydrogen-bond acceptors (Lipinski definition) is 0. The van der Waals surface area contributed by atoms with Gasteiger partial charge in [0.25, 0.3) is 0 Å². The molecule has 0 heterocycles. The molecule has 0 nitrogen and oxygen atoms in total. The van der Waals surface area contributed by atoms with Gasteiger partial charge in [0.15, 0.2) is 0 Å². The van der Waals surface area contributed by atoms with Gasteiger partial charge in [-0.1, -0.05) is 43.4 Å². The molecule has 59 valence electrons. The fourth-order valence-corrected chi connectivity index (χ4v) is 2.08. The Labute approximate surface area is 70.9 Å². The lowest BCUT2D eigenvalue weighted by molar-refractivity contribution is 1.17. The van der Waals surface area contributed by atoms with Crippen LogP contribution in [0, 0.1) is 6.92 Å². The predicted molar refractivity (Wildman–Crippen MR) is 53.4 cm³/mol. The fraction of sp³-hybridized carbons (Fsp3) is 0.300. The van der Waals surface area contributed by atoms with Gasteiger partial charge in [-0.2, -0.15) is 0 Å². The van der Waals surface area contributed by atoms with Crippen molar-refractivity contribution >= 4 is 8.80 Å². The molecule has 0 saturated heterocycles. The Morgan fingerprint density at radius 3 is 2.18 bits per heavy atom. The maximum absolute atomic E-state index is 4.17. The Kier molecular flexibility index (Phi) is 2.89. The van der Waals surface area contributed by atoms with Gasteiger partial charge in [-0.15, -0.1) is 0 Å². The average Bonchev–Trinajstić information content (AvgIpc) is 2.05. The van der Waals surface area contributed by atoms with Crippen LogP contribution in [0.2, 0.25) is 13.1 Å². The molecule has 0 saturated carbocycles. The van der Waals surface area contributed by atoms with Crippen molar-refractivity contribution in [1.29, 1.82) is 0 Å². The second-order valence-electron chi connectivity index (χ2n) is 3.26. The van der Waals surface area contributed by atoms with E-state index in [4.69, 9.17) is 0 Å². The van der Waals surface area contributed by atoms with Crippen molar-refractivity contribution in [3.05, 3.63) is 42.8 Å². The van der Waals surface area contributed by atoms with Crippen molar-refractivity contribution in [1.82, 2.24) is 0 Å². The van der Waals surface area contributed by atoms with Crippen LogP contribution in [0.15, 0.2) is 30.3 Å². The van der Waals surface area contributed by atoms with Gasteiger partial charge in [0.1, 0.15) is 0 Å². The Bertz CT molecular complexity index is 203. The van der Waals surface area contributed by atoms with E-state index in [0.29, 0.717) is 5.54 Å². The van der Waals surface area contributed by atoms with Crippen LogP contribution in [0.4, 0.5) is 0 Å². The summed E-state index contributed by atoms with van der Waals surface area (Å²) >= 11 is 0. The third-order valence-electron chi connectivity index (χ3n) is 2.03. The first-order valence-corrected chi connectivity index (χ1v) is 7.07. The zero-order valence-corrected chi connectivity index (χ0v) is 8.40. The first-order chi connectivity index (χ1) is 5.22. The van der Waals surface area contributed by atoms with E-state index in [9.17, 15) is 0 Å². The highest BCUT2D eigenvalue weighted by atomic mass is 28.3. The van der Waals surface area contributed by atoms with Crippen LogP contribution in [0.25, 0.3) is 0 Å². The van der Waals surface area contributed by atoms with Crippen LogP contribution < -0.4 is 0 Å². The van der Waals surface area contributed by atoms with Crippen molar-refractivity contribution in [2.45, 2.75) is 18.6 Å². The standard InChI is InChI=1S/C10H15Si/c1-9(11(2)3)10-7-5-4-6-8-10/h4-9,11H,1H2,2-3H3. The summed E-state index contributed by atoms with van der Waals surface area (Å²) in [6.07, 6.45) is 0. The van der Waals surface area contributed by atoms with Crippen LogP contribution in [-0.4, -0.2) is 8.80 Å². The molecule has 1 atom stereocenters. The molecule has 0 N–H and O–H groups in total. The minimum atomic E-state index is -0.602. The Hall–Kier alpha value is -0.563. The summed E-state index contributed by atoms with van der Waals surface area (Å²) in [4.78, 5) is 0. The normalized spacial score (nSPS) is 13.5. The molecule has 0 fully saturated rings. The van der Waals surface area contributed by atoms with Crippen LogP contribution in [-0.2, 0) is 0 Å². The van der Waals surface area contributed by atoms with Gasteiger partial charge in [0.05, 0.1) is 0 Å². The molecule has 1 aromatic carbocycles. The highest BCUT2D eigenvalue weighted by molar-refractivity contribution is 6.57. The highest BCUT2D eigenvalue weighted by Crippen LogP contribution is 2.16. The summed E-state index contributed by atoms with van der Waals surface area (Å²) < 4.78 is 0. The van der Waals surface area contributed by atoms with E-state index in [1.807, 2.05) is 0 Å². The quantitative estimate of drug-likeness (QED) is 0.588. The van der Waals surface area contributed by atoms with E-state index in [-0.39, 0.29) is 0 Å². The van der Waals surface area contributed by atoms with Gasteiger partial charge in [-0.05, 0) is 18.0 Å². The Balaban J connectivity index is 2.77. The predicted octanol–water partition coefficient (Wildman–Crippen LogP) is 2.63. The van der Waals surface area contributed by atoms with Crippen molar-refractivity contribution < 1.29 is 0 Å². The van der Waals surface area contributed by atoms with E-state index in [0.717, 1.165) is 0 Å². The molecule has 0 aliphatic rings. The van der Waals surface area contributed by atoms with Crippen LogP contribution in [0.3, 0.4) is 0 Å². The lowest BCUT2D eigenvalue weighted by atomic mass is 10.2. The lowest BCUT2D eigenvalue weighted by Gasteiger charge is -2.13. The second-order valence-corrected chi connectivity index (χ2v) is 6.55. The van der Waals surface area contributed by atoms with Crippen LogP contribution >= 0.6 is 0 Å². The van der Waals surface area contributed by atoms with Crippen LogP contribution in [0.1, 0.15) is 11.1 Å². The number of hydrogen-bond donors (Lipinski definition) is 0. The third kappa shape index (κ3) is 2.19. The fourth-order valence-electron chi connectivity index (χ4n) is 1.09. The molecule has 1 aromatic rings. The Morgan fingerprint density at radius 2 is 1.73 bits per heavy atom. The molecule has 0 aliphatic carbocycles. The monoisotopic (exact) mass is 163 g/mol. The van der Waals surface area contributed by atoms with Crippen molar-refractivity contribution in [3.63, 3.8) is 0 Å². The van der Waals surface area contributed by atoms with Gasteiger partial charge in [-0.25, -0.2) is 0 Å². The second kappa shape index (κ2) is 3.72. The Morgan fingerprint density at radius 1 is 1.18 bits per heavy atom. The molecular weight excluding hydrogens is 148 g/mol. The molecule has 1 heteroatoms. The van der Waals surface area contributed by atoms with Gasteiger partial charge in [-0.3, -0.25) is 0 Å². The summed E-state index contributed by atoms with van der Waals surface area (Å²) in [5.41, 5.74) is 1.96. The van der Waals surface area contributed by atoms with E-state index in [2.05, 4.69) is 50.3 Å². The first-order valence-electron chi connectivity index (χ1n) is 4.10. The maximum Gasteiger partial charge on any atom is 0.0388 e. The summed E-state index contributed by atoms with van der Waals surface area (Å²) in [5, 5.41) is 0. The van der Waals surface area contributed by atoms with Crippen molar-refractivity contribution in [2.75, 3.05) is 0 Å². The summed E-state index contributed by atoms with van der Waals surface area (Å²) in [6, 6.07) is 10.6. The first kappa shape index (κ1) is 8.53. The largest absolute Gasteiger partial charge is 0.0717 e. The van der Waals surface area contributed by atoms with Gasteiger partial charge in [0.2, 0.25) is 0 Å². The topological polar surface area (TPSA) is 0 Å². The van der Waals surface area contributed by atoms with Crippen molar-refractivity contribution in [3.8, 4) is 0 Å². The van der Waals surface area contributed by atoms with Gasteiger partial charge in [0, 0.05) is 8.80 Å². The maximum atomic E-state index is 4.17. The van der Waals surface area contributed by atoms with Gasteiger partial charge < -0.3 is 0 Å². The molecule has 1 rings (SSSR count). The number of benzene rings is 1. The van der Waals surface area contributed by atoms with E-state index in [1.54, 1.807) is 0 Å². The molecule has 0 bridgehead atoms. The van der Waals surface area contributed by atoms with Crippen LogP contribution in [0.5, 0.6) is 0 Å². The summed E-state index contributed by atoms with van der Waals surface area (Å²) in [6.45, 7) is 8.85. The molecule has 1 radical (unpaired) electrons. The molecule has 0 amide bonds. The van der Waals surface area contributed by atoms with E-state index >= 15 is 0 Å². The summed E-state index contributed by atoms with van der Waals surface area (Å²) in [7, 11) is -0.602. The minimum Gasteiger partial charge on any atom is -0.0717 e. The molecule has 1 unspecified atom stereocenters. The third-order valence-corrected chi connectivity index (χ3v) is 4.03. The van der Waals surface area contributed by atoms with Crippen molar-refractivity contribution in [2.24, 2.45) is 0 Å². The molecule has 11 heavy (non-hydrogen) atoms. The summed E-state index contributed by atoms with van der Waals surface area (Å²) in [5.74, 6) is 0. The molecule has 0 aromatic heterocycles. The average molecular weight is 163 g/mol. The zero-order chi connectivity index (χ0) is 8.27. The zero-order valence-electron chi connectivity index (χ0n) is 7.25. The lowest BCUT2D eigenvalue weighted by Crippen LogP contribution is -2.12.